The molecule has 1 fully saturated rings. The Morgan fingerprint density at radius 3 is 2.75 bits per heavy atom. The molecule has 1 saturated heterocycles. The summed E-state index contributed by atoms with van der Waals surface area (Å²) in [6.07, 6.45) is 1.50. The van der Waals surface area contributed by atoms with Gasteiger partial charge in [0.25, 0.3) is 0 Å². The highest BCUT2D eigenvalue weighted by molar-refractivity contribution is 4.76. The number of rotatable bonds is 3. The SMILES string of the molecule is COCC1C[C@@H](OC)C(C)CO1. The first-order chi connectivity index (χ1) is 5.77. The van der Waals surface area contributed by atoms with Crippen LogP contribution in [-0.2, 0) is 14.2 Å². The Morgan fingerprint density at radius 2 is 2.17 bits per heavy atom. The Kier molecular flexibility index (Phi) is 3.98. The zero-order chi connectivity index (χ0) is 8.97. The fourth-order valence-corrected chi connectivity index (χ4v) is 1.59. The fourth-order valence-electron chi connectivity index (χ4n) is 1.59. The van der Waals surface area contributed by atoms with Gasteiger partial charge in [-0.05, 0) is 0 Å². The molecule has 0 spiro atoms. The Morgan fingerprint density at radius 1 is 1.42 bits per heavy atom. The van der Waals surface area contributed by atoms with Gasteiger partial charge in [-0.15, -0.1) is 0 Å². The van der Waals surface area contributed by atoms with E-state index in [9.17, 15) is 0 Å². The van der Waals surface area contributed by atoms with E-state index in [2.05, 4.69) is 6.92 Å². The monoisotopic (exact) mass is 174 g/mol. The van der Waals surface area contributed by atoms with Crippen LogP contribution in [0.1, 0.15) is 13.3 Å². The summed E-state index contributed by atoms with van der Waals surface area (Å²) in [5, 5.41) is 0. The Hall–Kier alpha value is -0.120. The van der Waals surface area contributed by atoms with Crippen molar-refractivity contribution in [2.75, 3.05) is 27.4 Å². The minimum absolute atomic E-state index is 0.219. The molecule has 1 heterocycles. The molecular formula is C9H18O3. The van der Waals surface area contributed by atoms with Gasteiger partial charge in [0, 0.05) is 26.6 Å². The summed E-state index contributed by atoms with van der Waals surface area (Å²) in [5.74, 6) is 0.503. The smallest absolute Gasteiger partial charge is 0.0833 e. The van der Waals surface area contributed by atoms with Crippen LogP contribution in [0.3, 0.4) is 0 Å². The summed E-state index contributed by atoms with van der Waals surface area (Å²) in [6.45, 7) is 3.61. The number of hydrogen-bond acceptors (Lipinski definition) is 3. The van der Waals surface area contributed by atoms with Gasteiger partial charge in [-0.25, -0.2) is 0 Å². The van der Waals surface area contributed by atoms with Crippen LogP contribution in [0, 0.1) is 5.92 Å². The summed E-state index contributed by atoms with van der Waals surface area (Å²) in [7, 11) is 3.46. The molecule has 0 N–H and O–H groups in total. The van der Waals surface area contributed by atoms with Gasteiger partial charge in [0.2, 0.25) is 0 Å². The summed E-state index contributed by atoms with van der Waals surface area (Å²) in [5.41, 5.74) is 0. The molecule has 1 aliphatic rings. The van der Waals surface area contributed by atoms with Gasteiger partial charge in [-0.2, -0.15) is 0 Å². The summed E-state index contributed by atoms with van der Waals surface area (Å²) in [4.78, 5) is 0. The first-order valence-electron chi connectivity index (χ1n) is 4.41. The summed E-state index contributed by atoms with van der Waals surface area (Å²) >= 11 is 0. The molecule has 2 unspecified atom stereocenters. The van der Waals surface area contributed by atoms with Crippen molar-refractivity contribution in [3.63, 3.8) is 0 Å². The van der Waals surface area contributed by atoms with Crippen LogP contribution in [0.5, 0.6) is 0 Å². The number of hydrogen-bond donors (Lipinski definition) is 0. The van der Waals surface area contributed by atoms with Gasteiger partial charge in [0.05, 0.1) is 25.4 Å². The molecule has 0 aliphatic carbocycles. The number of ether oxygens (including phenoxy) is 3. The zero-order valence-electron chi connectivity index (χ0n) is 8.08. The van der Waals surface area contributed by atoms with E-state index in [-0.39, 0.29) is 6.10 Å². The summed E-state index contributed by atoms with van der Waals surface area (Å²) in [6, 6.07) is 0. The van der Waals surface area contributed by atoms with Gasteiger partial charge in [0.1, 0.15) is 0 Å². The van der Waals surface area contributed by atoms with Crippen LogP contribution in [0.4, 0.5) is 0 Å². The second-order valence-corrected chi connectivity index (χ2v) is 3.40. The Bertz CT molecular complexity index is 127. The van der Waals surface area contributed by atoms with Crippen LogP contribution in [-0.4, -0.2) is 39.6 Å². The molecule has 0 radical (unpaired) electrons. The second-order valence-electron chi connectivity index (χ2n) is 3.40. The third-order valence-electron chi connectivity index (χ3n) is 2.38. The molecular weight excluding hydrogens is 156 g/mol. The van der Waals surface area contributed by atoms with Crippen molar-refractivity contribution in [2.45, 2.75) is 25.6 Å². The average Bonchev–Trinajstić information content (AvgIpc) is 2.09. The van der Waals surface area contributed by atoms with Crippen molar-refractivity contribution in [3.8, 4) is 0 Å². The first kappa shape index (κ1) is 9.96. The maximum absolute atomic E-state index is 5.56. The maximum atomic E-state index is 5.56. The maximum Gasteiger partial charge on any atom is 0.0833 e. The quantitative estimate of drug-likeness (QED) is 0.640. The van der Waals surface area contributed by atoms with Crippen molar-refractivity contribution < 1.29 is 14.2 Å². The molecule has 3 nitrogen and oxygen atoms in total. The van der Waals surface area contributed by atoms with Gasteiger partial charge in [0.15, 0.2) is 0 Å². The zero-order valence-corrected chi connectivity index (χ0v) is 8.08. The van der Waals surface area contributed by atoms with E-state index in [1.54, 1.807) is 14.2 Å². The Balaban J connectivity index is 2.33. The lowest BCUT2D eigenvalue weighted by Crippen LogP contribution is -2.38. The topological polar surface area (TPSA) is 27.7 Å². The highest BCUT2D eigenvalue weighted by Crippen LogP contribution is 2.21. The molecule has 1 rings (SSSR count). The van der Waals surface area contributed by atoms with E-state index in [4.69, 9.17) is 14.2 Å². The molecule has 0 saturated carbocycles. The molecule has 0 bridgehead atoms. The normalized spacial score (nSPS) is 36.8. The predicted octanol–water partition coefficient (Wildman–Crippen LogP) is 1.07. The second kappa shape index (κ2) is 4.80. The third-order valence-corrected chi connectivity index (χ3v) is 2.38. The average molecular weight is 174 g/mol. The van der Waals surface area contributed by atoms with Crippen LogP contribution in [0.15, 0.2) is 0 Å². The van der Waals surface area contributed by atoms with E-state index in [0.29, 0.717) is 18.6 Å². The first-order valence-corrected chi connectivity index (χ1v) is 4.41. The van der Waals surface area contributed by atoms with Crippen LogP contribution < -0.4 is 0 Å². The van der Waals surface area contributed by atoms with Crippen molar-refractivity contribution in [2.24, 2.45) is 5.92 Å². The van der Waals surface area contributed by atoms with E-state index in [1.807, 2.05) is 0 Å². The van der Waals surface area contributed by atoms with E-state index in [0.717, 1.165) is 13.0 Å². The Labute approximate surface area is 74.0 Å². The molecule has 3 heteroatoms. The van der Waals surface area contributed by atoms with Crippen LogP contribution in [0.2, 0.25) is 0 Å². The predicted molar refractivity (Wildman–Crippen MR) is 46.2 cm³/mol. The largest absolute Gasteiger partial charge is 0.382 e. The van der Waals surface area contributed by atoms with Gasteiger partial charge < -0.3 is 14.2 Å². The highest BCUT2D eigenvalue weighted by atomic mass is 16.5. The van der Waals surface area contributed by atoms with Crippen LogP contribution in [0.25, 0.3) is 0 Å². The number of methoxy groups -OCH3 is 2. The van der Waals surface area contributed by atoms with Crippen molar-refractivity contribution in [1.29, 1.82) is 0 Å². The van der Waals surface area contributed by atoms with Gasteiger partial charge in [-0.3, -0.25) is 0 Å². The lowest BCUT2D eigenvalue weighted by Gasteiger charge is -2.33. The minimum atomic E-state index is 0.219. The van der Waals surface area contributed by atoms with Gasteiger partial charge in [-0.1, -0.05) is 6.92 Å². The van der Waals surface area contributed by atoms with Crippen molar-refractivity contribution in [3.05, 3.63) is 0 Å². The van der Waals surface area contributed by atoms with Crippen molar-refractivity contribution >= 4 is 0 Å². The lowest BCUT2D eigenvalue weighted by molar-refractivity contribution is -0.110. The third kappa shape index (κ3) is 2.44. The van der Waals surface area contributed by atoms with Gasteiger partial charge >= 0.3 is 0 Å². The van der Waals surface area contributed by atoms with E-state index in [1.165, 1.54) is 0 Å². The van der Waals surface area contributed by atoms with E-state index >= 15 is 0 Å². The molecule has 12 heavy (non-hydrogen) atoms. The van der Waals surface area contributed by atoms with E-state index < -0.39 is 0 Å². The molecule has 3 atom stereocenters. The van der Waals surface area contributed by atoms with Crippen molar-refractivity contribution in [1.82, 2.24) is 0 Å². The fraction of sp³-hybridized carbons (Fsp3) is 1.00. The molecule has 1 aliphatic heterocycles. The molecule has 0 amide bonds. The standard InChI is InChI=1S/C9H18O3/c1-7-5-12-8(6-10-2)4-9(7)11-3/h7-9H,4-6H2,1-3H3/t7?,8?,9-/m1/s1. The van der Waals surface area contributed by atoms with Crippen LogP contribution >= 0.6 is 0 Å². The molecule has 0 aromatic heterocycles. The molecule has 0 aromatic rings. The lowest BCUT2D eigenvalue weighted by atomic mass is 9.97. The molecule has 0 aromatic carbocycles. The highest BCUT2D eigenvalue weighted by Gasteiger charge is 2.27. The minimum Gasteiger partial charge on any atom is -0.382 e. The molecule has 72 valence electrons. The summed E-state index contributed by atoms with van der Waals surface area (Å²) < 4.78 is 15.9.